The molecule has 1 atom stereocenters. The fraction of sp³-hybridized carbons (Fsp3) is 0.353. The van der Waals surface area contributed by atoms with Gasteiger partial charge in [-0.25, -0.2) is 0 Å². The number of hydrogen-bond donors (Lipinski definition) is 1. The molecule has 0 bridgehead atoms. The van der Waals surface area contributed by atoms with Crippen LogP contribution in [0.1, 0.15) is 18.1 Å². The standard InChI is InChI=1S/C17H22N2O/c1-15(14-20)11-19(12-16-5-3-2-4-6-16)13-17-7-9-18-10-8-17/h2-10,15,20H,11-14H2,1H3/t15-/m1/s1. The van der Waals surface area contributed by atoms with Gasteiger partial charge in [-0.05, 0) is 29.2 Å². The molecule has 3 nitrogen and oxygen atoms in total. The molecule has 2 aromatic rings. The highest BCUT2D eigenvalue weighted by Gasteiger charge is 2.11. The van der Waals surface area contributed by atoms with Crippen LogP contribution in [0.5, 0.6) is 0 Å². The minimum Gasteiger partial charge on any atom is -0.396 e. The fourth-order valence-corrected chi connectivity index (χ4v) is 2.27. The van der Waals surface area contributed by atoms with E-state index in [0.29, 0.717) is 0 Å². The van der Waals surface area contributed by atoms with E-state index in [0.717, 1.165) is 19.6 Å². The Morgan fingerprint density at radius 2 is 1.60 bits per heavy atom. The van der Waals surface area contributed by atoms with Crippen LogP contribution in [0.4, 0.5) is 0 Å². The van der Waals surface area contributed by atoms with Crippen LogP contribution in [0.25, 0.3) is 0 Å². The molecule has 0 aliphatic carbocycles. The van der Waals surface area contributed by atoms with Gasteiger partial charge in [0, 0.05) is 38.6 Å². The number of hydrogen-bond acceptors (Lipinski definition) is 3. The Bertz CT molecular complexity index is 445. The van der Waals surface area contributed by atoms with Crippen molar-refractivity contribution in [2.45, 2.75) is 20.0 Å². The predicted molar refractivity (Wildman–Crippen MR) is 81.0 cm³/mol. The number of aliphatic hydroxyl groups is 1. The summed E-state index contributed by atoms with van der Waals surface area (Å²) in [5, 5.41) is 9.28. The van der Waals surface area contributed by atoms with Crippen LogP contribution in [-0.4, -0.2) is 28.1 Å². The maximum absolute atomic E-state index is 9.28. The minimum absolute atomic E-state index is 0.224. The maximum Gasteiger partial charge on any atom is 0.0468 e. The van der Waals surface area contributed by atoms with Gasteiger partial charge < -0.3 is 5.11 Å². The summed E-state index contributed by atoms with van der Waals surface area (Å²) >= 11 is 0. The van der Waals surface area contributed by atoms with Gasteiger partial charge in [0.1, 0.15) is 0 Å². The number of benzene rings is 1. The first-order chi connectivity index (χ1) is 9.78. The van der Waals surface area contributed by atoms with Crippen LogP contribution in [0, 0.1) is 5.92 Å². The third-order valence-electron chi connectivity index (χ3n) is 3.29. The molecule has 3 heteroatoms. The second-order valence-electron chi connectivity index (χ2n) is 5.30. The number of aliphatic hydroxyl groups excluding tert-OH is 1. The van der Waals surface area contributed by atoms with Crippen molar-refractivity contribution in [1.29, 1.82) is 0 Å². The molecule has 20 heavy (non-hydrogen) atoms. The smallest absolute Gasteiger partial charge is 0.0468 e. The van der Waals surface area contributed by atoms with E-state index in [4.69, 9.17) is 0 Å². The van der Waals surface area contributed by atoms with Gasteiger partial charge in [0.15, 0.2) is 0 Å². The first-order valence-electron chi connectivity index (χ1n) is 7.04. The van der Waals surface area contributed by atoms with Crippen LogP contribution < -0.4 is 0 Å². The zero-order chi connectivity index (χ0) is 14.2. The number of rotatable bonds is 7. The molecular weight excluding hydrogens is 248 g/mol. The minimum atomic E-state index is 0.224. The zero-order valence-electron chi connectivity index (χ0n) is 11.9. The first kappa shape index (κ1) is 14.7. The lowest BCUT2D eigenvalue weighted by atomic mass is 10.1. The molecule has 0 saturated heterocycles. The van der Waals surface area contributed by atoms with Gasteiger partial charge in [-0.2, -0.15) is 0 Å². The van der Waals surface area contributed by atoms with Crippen molar-refractivity contribution in [2.24, 2.45) is 5.92 Å². The molecule has 0 aliphatic heterocycles. The molecule has 1 N–H and O–H groups in total. The summed E-state index contributed by atoms with van der Waals surface area (Å²) in [7, 11) is 0. The third-order valence-corrected chi connectivity index (χ3v) is 3.29. The van der Waals surface area contributed by atoms with E-state index in [1.807, 2.05) is 30.6 Å². The summed E-state index contributed by atoms with van der Waals surface area (Å²) in [6.45, 7) is 4.95. The van der Waals surface area contributed by atoms with Crippen LogP contribution in [-0.2, 0) is 13.1 Å². The second kappa shape index (κ2) is 7.78. The molecule has 106 valence electrons. The van der Waals surface area contributed by atoms with Gasteiger partial charge in [0.2, 0.25) is 0 Å². The second-order valence-corrected chi connectivity index (χ2v) is 5.30. The Balaban J connectivity index is 2.04. The molecular formula is C17H22N2O. The number of aromatic nitrogens is 1. The third kappa shape index (κ3) is 4.76. The molecule has 2 rings (SSSR count). The van der Waals surface area contributed by atoms with E-state index >= 15 is 0 Å². The molecule has 1 aromatic carbocycles. The SMILES string of the molecule is C[C@@H](CO)CN(Cc1ccccc1)Cc1ccncc1. The van der Waals surface area contributed by atoms with Gasteiger partial charge >= 0.3 is 0 Å². The van der Waals surface area contributed by atoms with Crippen molar-refractivity contribution in [3.63, 3.8) is 0 Å². The Morgan fingerprint density at radius 3 is 2.20 bits per heavy atom. The van der Waals surface area contributed by atoms with E-state index in [1.54, 1.807) is 0 Å². The van der Waals surface area contributed by atoms with Crippen molar-refractivity contribution < 1.29 is 5.11 Å². The monoisotopic (exact) mass is 270 g/mol. The van der Waals surface area contributed by atoms with Crippen LogP contribution in [0.3, 0.4) is 0 Å². The summed E-state index contributed by atoms with van der Waals surface area (Å²) in [4.78, 5) is 6.42. The zero-order valence-corrected chi connectivity index (χ0v) is 11.9. The average Bonchev–Trinajstić information content (AvgIpc) is 2.49. The van der Waals surface area contributed by atoms with Gasteiger partial charge in [-0.1, -0.05) is 37.3 Å². The van der Waals surface area contributed by atoms with E-state index in [2.05, 4.69) is 41.1 Å². The Hall–Kier alpha value is -1.71. The average molecular weight is 270 g/mol. The summed E-state index contributed by atoms with van der Waals surface area (Å²) in [5.41, 5.74) is 2.55. The van der Waals surface area contributed by atoms with Gasteiger partial charge in [-0.15, -0.1) is 0 Å². The van der Waals surface area contributed by atoms with Crippen molar-refractivity contribution in [1.82, 2.24) is 9.88 Å². The molecule has 0 radical (unpaired) electrons. The van der Waals surface area contributed by atoms with E-state index in [1.165, 1.54) is 11.1 Å². The molecule has 0 saturated carbocycles. The predicted octanol–water partition coefficient (Wildman–Crippen LogP) is 2.71. The van der Waals surface area contributed by atoms with Crippen molar-refractivity contribution in [3.05, 3.63) is 66.0 Å². The topological polar surface area (TPSA) is 36.4 Å². The highest BCUT2D eigenvalue weighted by atomic mass is 16.3. The van der Waals surface area contributed by atoms with E-state index in [9.17, 15) is 5.11 Å². The van der Waals surface area contributed by atoms with Crippen LogP contribution in [0.2, 0.25) is 0 Å². The highest BCUT2D eigenvalue weighted by molar-refractivity contribution is 5.15. The number of pyridine rings is 1. The normalized spacial score (nSPS) is 12.6. The maximum atomic E-state index is 9.28. The quantitative estimate of drug-likeness (QED) is 0.840. The molecule has 0 aliphatic rings. The first-order valence-corrected chi connectivity index (χ1v) is 7.04. The molecule has 1 heterocycles. The van der Waals surface area contributed by atoms with Gasteiger partial charge in [0.25, 0.3) is 0 Å². The Kier molecular flexibility index (Phi) is 5.71. The summed E-state index contributed by atoms with van der Waals surface area (Å²) < 4.78 is 0. The number of nitrogens with zero attached hydrogens (tertiary/aromatic N) is 2. The van der Waals surface area contributed by atoms with Gasteiger partial charge in [0.05, 0.1) is 0 Å². The van der Waals surface area contributed by atoms with E-state index < -0.39 is 0 Å². The highest BCUT2D eigenvalue weighted by Crippen LogP contribution is 2.11. The lowest BCUT2D eigenvalue weighted by molar-refractivity contribution is 0.163. The van der Waals surface area contributed by atoms with Crippen molar-refractivity contribution in [3.8, 4) is 0 Å². The van der Waals surface area contributed by atoms with E-state index in [-0.39, 0.29) is 12.5 Å². The molecule has 0 spiro atoms. The van der Waals surface area contributed by atoms with Crippen LogP contribution in [0.15, 0.2) is 54.9 Å². The Morgan fingerprint density at radius 1 is 1.00 bits per heavy atom. The lowest BCUT2D eigenvalue weighted by Gasteiger charge is -2.25. The fourth-order valence-electron chi connectivity index (χ4n) is 2.27. The molecule has 0 unspecified atom stereocenters. The molecule has 0 amide bonds. The molecule has 0 fully saturated rings. The summed E-state index contributed by atoms with van der Waals surface area (Å²) in [6.07, 6.45) is 3.65. The van der Waals surface area contributed by atoms with Gasteiger partial charge in [-0.3, -0.25) is 9.88 Å². The largest absolute Gasteiger partial charge is 0.396 e. The summed E-state index contributed by atoms with van der Waals surface area (Å²) in [5.74, 6) is 0.278. The Labute approximate surface area is 120 Å². The van der Waals surface area contributed by atoms with Crippen LogP contribution >= 0.6 is 0 Å². The summed E-state index contributed by atoms with van der Waals surface area (Å²) in [6, 6.07) is 14.5. The molecule has 1 aromatic heterocycles. The van der Waals surface area contributed by atoms with Crippen molar-refractivity contribution >= 4 is 0 Å². The van der Waals surface area contributed by atoms with Crippen molar-refractivity contribution in [2.75, 3.05) is 13.2 Å². The lowest BCUT2D eigenvalue weighted by Crippen LogP contribution is -2.29.